The van der Waals surface area contributed by atoms with Gasteiger partial charge in [-0.15, -0.1) is 0 Å². The SMILES string of the molecule is CCOC(=O)c1ccc(N2CCCN(CC(=O)Nc3cccc(C(=O)NC4CC4)c3)CC2)nc1. The highest BCUT2D eigenvalue weighted by atomic mass is 16.5. The highest BCUT2D eigenvalue weighted by molar-refractivity contribution is 5.97. The summed E-state index contributed by atoms with van der Waals surface area (Å²) in [5, 5.41) is 5.88. The van der Waals surface area contributed by atoms with Crippen molar-refractivity contribution in [3.05, 3.63) is 53.7 Å². The summed E-state index contributed by atoms with van der Waals surface area (Å²) in [4.78, 5) is 45.4. The van der Waals surface area contributed by atoms with E-state index in [9.17, 15) is 14.4 Å². The molecule has 1 saturated carbocycles. The Labute approximate surface area is 199 Å². The number of pyridine rings is 1. The molecule has 0 bridgehead atoms. The number of anilines is 2. The summed E-state index contributed by atoms with van der Waals surface area (Å²) in [6.07, 6.45) is 4.50. The van der Waals surface area contributed by atoms with E-state index >= 15 is 0 Å². The van der Waals surface area contributed by atoms with Crippen molar-refractivity contribution >= 4 is 29.3 Å². The summed E-state index contributed by atoms with van der Waals surface area (Å²) in [5.74, 6) is 0.226. The van der Waals surface area contributed by atoms with E-state index in [0.29, 0.717) is 29.5 Å². The monoisotopic (exact) mass is 465 g/mol. The summed E-state index contributed by atoms with van der Waals surface area (Å²) in [6, 6.07) is 10.9. The lowest BCUT2D eigenvalue weighted by Gasteiger charge is -2.22. The normalized spacial score (nSPS) is 16.4. The molecule has 2 aliphatic rings. The molecule has 2 N–H and O–H groups in total. The third kappa shape index (κ3) is 6.54. The van der Waals surface area contributed by atoms with E-state index in [2.05, 4.69) is 25.4 Å². The van der Waals surface area contributed by atoms with E-state index in [1.807, 2.05) is 6.07 Å². The molecule has 2 fully saturated rings. The molecule has 0 atom stereocenters. The molecule has 0 unspecified atom stereocenters. The number of amides is 2. The number of aromatic nitrogens is 1. The molecule has 180 valence electrons. The molecule has 0 radical (unpaired) electrons. The molecular weight excluding hydrogens is 434 g/mol. The molecule has 1 saturated heterocycles. The van der Waals surface area contributed by atoms with Gasteiger partial charge < -0.3 is 20.3 Å². The number of carbonyl (C=O) groups is 3. The fourth-order valence-corrected chi connectivity index (χ4v) is 3.90. The van der Waals surface area contributed by atoms with Crippen LogP contribution < -0.4 is 15.5 Å². The first-order valence-electron chi connectivity index (χ1n) is 11.8. The van der Waals surface area contributed by atoms with Crippen molar-refractivity contribution in [3.8, 4) is 0 Å². The summed E-state index contributed by atoms with van der Waals surface area (Å²) < 4.78 is 5.01. The molecule has 1 aliphatic heterocycles. The Morgan fingerprint density at radius 1 is 1.06 bits per heavy atom. The van der Waals surface area contributed by atoms with Crippen LogP contribution in [-0.4, -0.2) is 73.0 Å². The van der Waals surface area contributed by atoms with Crippen LogP contribution in [-0.2, 0) is 9.53 Å². The van der Waals surface area contributed by atoms with Gasteiger partial charge in [0.25, 0.3) is 5.91 Å². The lowest BCUT2D eigenvalue weighted by molar-refractivity contribution is -0.117. The number of rotatable bonds is 8. The molecule has 2 aromatic rings. The molecule has 2 heterocycles. The van der Waals surface area contributed by atoms with Crippen molar-refractivity contribution in [2.45, 2.75) is 32.2 Å². The Morgan fingerprint density at radius 3 is 2.65 bits per heavy atom. The third-order valence-corrected chi connectivity index (χ3v) is 5.86. The molecule has 1 aromatic heterocycles. The van der Waals surface area contributed by atoms with Crippen LogP contribution in [0, 0.1) is 0 Å². The topological polar surface area (TPSA) is 104 Å². The van der Waals surface area contributed by atoms with Crippen molar-refractivity contribution < 1.29 is 19.1 Å². The van der Waals surface area contributed by atoms with Gasteiger partial charge in [0.1, 0.15) is 5.82 Å². The zero-order valence-corrected chi connectivity index (χ0v) is 19.5. The van der Waals surface area contributed by atoms with Crippen LogP contribution in [0.25, 0.3) is 0 Å². The van der Waals surface area contributed by atoms with Crippen LogP contribution >= 0.6 is 0 Å². The number of hydrogen-bond donors (Lipinski definition) is 2. The van der Waals surface area contributed by atoms with Gasteiger partial charge in [-0.2, -0.15) is 0 Å². The zero-order valence-electron chi connectivity index (χ0n) is 19.5. The minimum absolute atomic E-state index is 0.102. The summed E-state index contributed by atoms with van der Waals surface area (Å²) >= 11 is 0. The molecule has 9 nitrogen and oxygen atoms in total. The lowest BCUT2D eigenvalue weighted by Crippen LogP contribution is -2.36. The molecule has 1 aromatic carbocycles. The Morgan fingerprint density at radius 2 is 1.91 bits per heavy atom. The number of hydrogen-bond acceptors (Lipinski definition) is 7. The molecule has 34 heavy (non-hydrogen) atoms. The predicted molar refractivity (Wildman–Crippen MR) is 129 cm³/mol. The van der Waals surface area contributed by atoms with Crippen LogP contribution in [0.3, 0.4) is 0 Å². The van der Waals surface area contributed by atoms with Gasteiger partial charge in [-0.25, -0.2) is 9.78 Å². The van der Waals surface area contributed by atoms with Gasteiger partial charge in [-0.3, -0.25) is 14.5 Å². The van der Waals surface area contributed by atoms with Crippen LogP contribution in [0.4, 0.5) is 11.5 Å². The van der Waals surface area contributed by atoms with Crippen molar-refractivity contribution in [3.63, 3.8) is 0 Å². The zero-order chi connectivity index (χ0) is 23.9. The Bertz CT molecular complexity index is 1020. The first-order valence-corrected chi connectivity index (χ1v) is 11.8. The van der Waals surface area contributed by atoms with E-state index in [1.165, 1.54) is 0 Å². The van der Waals surface area contributed by atoms with Gasteiger partial charge in [0.15, 0.2) is 0 Å². The van der Waals surface area contributed by atoms with Gasteiger partial charge in [0, 0.05) is 49.7 Å². The highest BCUT2D eigenvalue weighted by Crippen LogP contribution is 2.20. The van der Waals surface area contributed by atoms with Crippen molar-refractivity contribution in [1.82, 2.24) is 15.2 Å². The maximum Gasteiger partial charge on any atom is 0.339 e. The van der Waals surface area contributed by atoms with E-state index in [0.717, 1.165) is 51.3 Å². The van der Waals surface area contributed by atoms with Gasteiger partial charge in [-0.05, 0) is 56.5 Å². The van der Waals surface area contributed by atoms with Crippen LogP contribution in [0.1, 0.15) is 46.9 Å². The average molecular weight is 466 g/mol. The van der Waals surface area contributed by atoms with Crippen LogP contribution in [0.2, 0.25) is 0 Å². The molecule has 1 aliphatic carbocycles. The van der Waals surface area contributed by atoms with Crippen molar-refractivity contribution in [2.75, 3.05) is 49.5 Å². The number of benzene rings is 1. The largest absolute Gasteiger partial charge is 0.462 e. The van der Waals surface area contributed by atoms with E-state index < -0.39 is 0 Å². The number of esters is 1. The molecule has 2 amide bonds. The quantitative estimate of drug-likeness (QED) is 0.577. The minimum atomic E-state index is -0.372. The number of ether oxygens (including phenoxy) is 1. The maximum atomic E-state index is 12.6. The highest BCUT2D eigenvalue weighted by Gasteiger charge is 2.24. The second-order valence-electron chi connectivity index (χ2n) is 8.62. The number of nitrogens with zero attached hydrogens (tertiary/aromatic N) is 3. The van der Waals surface area contributed by atoms with Gasteiger partial charge >= 0.3 is 5.97 Å². The number of carbonyl (C=O) groups excluding carboxylic acids is 3. The first-order chi connectivity index (χ1) is 16.5. The molecule has 9 heteroatoms. The van der Waals surface area contributed by atoms with E-state index in [1.54, 1.807) is 43.5 Å². The molecule has 0 spiro atoms. The van der Waals surface area contributed by atoms with Crippen molar-refractivity contribution in [2.24, 2.45) is 0 Å². The lowest BCUT2D eigenvalue weighted by atomic mass is 10.2. The Balaban J connectivity index is 1.27. The average Bonchev–Trinajstić information content (AvgIpc) is 3.67. The van der Waals surface area contributed by atoms with E-state index in [-0.39, 0.29) is 24.3 Å². The van der Waals surface area contributed by atoms with Gasteiger partial charge in [0.2, 0.25) is 5.91 Å². The smallest absolute Gasteiger partial charge is 0.339 e. The van der Waals surface area contributed by atoms with Gasteiger partial charge in [0.05, 0.1) is 18.7 Å². The fraction of sp³-hybridized carbons (Fsp3) is 0.440. The summed E-state index contributed by atoms with van der Waals surface area (Å²) in [5.41, 5.74) is 1.61. The van der Waals surface area contributed by atoms with Crippen LogP contribution in [0.5, 0.6) is 0 Å². The predicted octanol–water partition coefficient (Wildman–Crippen LogP) is 2.30. The molecular formula is C25H31N5O4. The minimum Gasteiger partial charge on any atom is -0.462 e. The Hall–Kier alpha value is -3.46. The standard InChI is InChI=1S/C25H31N5O4/c1-2-34-25(33)19-7-10-22(26-16-19)30-12-4-11-29(13-14-30)17-23(31)27-21-6-3-5-18(15-21)24(32)28-20-8-9-20/h3,5-7,10,15-16,20H,2,4,8-9,11-14,17H2,1H3,(H,27,31)(H,28,32). The second kappa shape index (κ2) is 11.1. The molecule has 4 rings (SSSR count). The summed E-state index contributed by atoms with van der Waals surface area (Å²) in [7, 11) is 0. The van der Waals surface area contributed by atoms with Crippen LogP contribution in [0.15, 0.2) is 42.6 Å². The first kappa shape index (κ1) is 23.7. The van der Waals surface area contributed by atoms with Gasteiger partial charge in [-0.1, -0.05) is 6.07 Å². The second-order valence-corrected chi connectivity index (χ2v) is 8.62. The maximum absolute atomic E-state index is 12.6. The Kier molecular flexibility index (Phi) is 7.74. The number of nitrogens with one attached hydrogen (secondary N) is 2. The third-order valence-electron chi connectivity index (χ3n) is 5.86. The van der Waals surface area contributed by atoms with E-state index in [4.69, 9.17) is 4.74 Å². The fourth-order valence-electron chi connectivity index (χ4n) is 3.90. The summed E-state index contributed by atoms with van der Waals surface area (Å²) in [6.45, 7) is 5.46. The van der Waals surface area contributed by atoms with Crippen molar-refractivity contribution in [1.29, 1.82) is 0 Å².